The second kappa shape index (κ2) is 10.6. The van der Waals surface area contributed by atoms with E-state index in [0.717, 1.165) is 6.54 Å². The molecule has 0 aromatic carbocycles. The molecule has 0 aromatic heterocycles. The van der Waals surface area contributed by atoms with Crippen molar-refractivity contribution in [3.05, 3.63) is 12.7 Å². The molecule has 1 atom stereocenters. The molecule has 1 N–H and O–H groups in total. The quantitative estimate of drug-likeness (QED) is 0.575. The van der Waals surface area contributed by atoms with Crippen molar-refractivity contribution in [3.63, 3.8) is 0 Å². The minimum atomic E-state index is 0.602. The fourth-order valence-electron chi connectivity index (χ4n) is 0.405. The van der Waals surface area contributed by atoms with Crippen LogP contribution in [0, 0.1) is 5.92 Å². The number of nitrogens with one attached hydrogen (secondary N) is 1. The van der Waals surface area contributed by atoms with Crippen LogP contribution in [0.2, 0.25) is 0 Å². The normalized spacial score (nSPS) is 11.1. The van der Waals surface area contributed by atoms with Gasteiger partial charge < -0.3 is 5.32 Å². The first-order valence-corrected chi connectivity index (χ1v) is 3.58. The average Bonchev–Trinajstić information content (AvgIpc) is 1.93. The fraction of sp³-hybridized carbons (Fsp3) is 0.750. The zero-order chi connectivity index (χ0) is 7.70. The summed E-state index contributed by atoms with van der Waals surface area (Å²) in [5.41, 5.74) is 0. The summed E-state index contributed by atoms with van der Waals surface area (Å²) in [5.74, 6) is 0.602. The van der Waals surface area contributed by atoms with E-state index in [9.17, 15) is 0 Å². The smallest absolute Gasteiger partial charge is 0.000840 e. The van der Waals surface area contributed by atoms with Crippen molar-refractivity contribution in [2.45, 2.75) is 20.8 Å². The summed E-state index contributed by atoms with van der Waals surface area (Å²) in [6.45, 7) is 10.8. The molecule has 0 saturated carbocycles. The molecule has 0 amide bonds. The van der Waals surface area contributed by atoms with Crippen molar-refractivity contribution < 1.29 is 0 Å². The fourth-order valence-corrected chi connectivity index (χ4v) is 0.405. The van der Waals surface area contributed by atoms with Crippen LogP contribution in [0.1, 0.15) is 20.8 Å². The monoisotopic (exact) mass is 129 g/mol. The molecule has 9 heavy (non-hydrogen) atoms. The highest BCUT2D eigenvalue weighted by Crippen LogP contribution is 1.89. The van der Waals surface area contributed by atoms with E-state index < -0.39 is 0 Å². The van der Waals surface area contributed by atoms with Crippen LogP contribution in [-0.2, 0) is 0 Å². The predicted molar refractivity (Wildman–Crippen MR) is 44.6 cm³/mol. The third kappa shape index (κ3) is 11.3. The van der Waals surface area contributed by atoms with Crippen LogP contribution in [0.3, 0.4) is 0 Å². The maximum absolute atomic E-state index is 3.64. The van der Waals surface area contributed by atoms with E-state index in [4.69, 9.17) is 0 Å². The summed E-state index contributed by atoms with van der Waals surface area (Å²) in [6, 6.07) is 0. The van der Waals surface area contributed by atoms with E-state index in [2.05, 4.69) is 18.8 Å². The topological polar surface area (TPSA) is 12.0 Å². The molecule has 0 aliphatic rings. The Hall–Kier alpha value is -0.300. The molecule has 0 aliphatic heterocycles. The van der Waals surface area contributed by atoms with Gasteiger partial charge in [-0.15, -0.1) is 6.58 Å². The minimum absolute atomic E-state index is 0.602. The Kier molecular flexibility index (Phi) is 13.6. The van der Waals surface area contributed by atoms with Crippen LogP contribution in [0.25, 0.3) is 0 Å². The predicted octanol–water partition coefficient (Wildman–Crippen LogP) is 2.05. The number of hydrogen-bond acceptors (Lipinski definition) is 1. The maximum atomic E-state index is 3.64. The number of hydrogen-bond donors (Lipinski definition) is 1. The van der Waals surface area contributed by atoms with Crippen molar-refractivity contribution in [2.75, 3.05) is 13.6 Å². The van der Waals surface area contributed by atoms with Crippen LogP contribution in [0.15, 0.2) is 12.7 Å². The van der Waals surface area contributed by atoms with Gasteiger partial charge in [0.25, 0.3) is 0 Å². The Bertz CT molecular complexity index is 50.5. The minimum Gasteiger partial charge on any atom is -0.319 e. The largest absolute Gasteiger partial charge is 0.319 e. The van der Waals surface area contributed by atoms with Crippen molar-refractivity contribution in [1.29, 1.82) is 0 Å². The van der Waals surface area contributed by atoms with Gasteiger partial charge in [0.1, 0.15) is 0 Å². The van der Waals surface area contributed by atoms with Gasteiger partial charge in [0.05, 0.1) is 0 Å². The third-order valence-electron chi connectivity index (χ3n) is 0.928. The Morgan fingerprint density at radius 3 is 2.11 bits per heavy atom. The van der Waals surface area contributed by atoms with Crippen molar-refractivity contribution in [1.82, 2.24) is 5.32 Å². The second-order valence-electron chi connectivity index (χ2n) is 1.77. The first kappa shape index (κ1) is 11.5. The van der Waals surface area contributed by atoms with Crippen LogP contribution in [0.5, 0.6) is 0 Å². The molecular formula is C8H19N. The summed E-state index contributed by atoms with van der Waals surface area (Å²) in [4.78, 5) is 0. The molecule has 0 spiro atoms. The van der Waals surface area contributed by atoms with Crippen molar-refractivity contribution in [2.24, 2.45) is 5.92 Å². The molecule has 1 nitrogen and oxygen atoms in total. The van der Waals surface area contributed by atoms with Gasteiger partial charge in [-0.3, -0.25) is 0 Å². The van der Waals surface area contributed by atoms with E-state index >= 15 is 0 Å². The lowest BCUT2D eigenvalue weighted by Crippen LogP contribution is -2.13. The molecule has 0 bridgehead atoms. The molecular weight excluding hydrogens is 110 g/mol. The zero-order valence-corrected chi connectivity index (χ0v) is 7.07. The standard InChI is InChI=1S/C6H13N.C2H6/c1-4-6(2)5-7-3;1-2/h4,6-7H,1,5H2,2-3H3;1-2H3. The highest BCUT2D eigenvalue weighted by atomic mass is 14.8. The zero-order valence-electron chi connectivity index (χ0n) is 7.07. The molecule has 1 heteroatoms. The van der Waals surface area contributed by atoms with E-state index in [1.54, 1.807) is 0 Å². The molecule has 0 rings (SSSR count). The molecule has 56 valence electrons. The van der Waals surface area contributed by atoms with E-state index in [0.29, 0.717) is 5.92 Å². The Morgan fingerprint density at radius 1 is 1.56 bits per heavy atom. The molecule has 0 aromatic rings. The Balaban J connectivity index is 0. The first-order chi connectivity index (χ1) is 4.31. The Morgan fingerprint density at radius 2 is 2.00 bits per heavy atom. The molecule has 0 heterocycles. The van der Waals surface area contributed by atoms with Gasteiger partial charge in [-0.05, 0) is 13.0 Å². The summed E-state index contributed by atoms with van der Waals surface area (Å²) in [6.07, 6.45) is 1.94. The lowest BCUT2D eigenvalue weighted by molar-refractivity contribution is 0.651. The molecule has 0 aliphatic carbocycles. The van der Waals surface area contributed by atoms with Gasteiger partial charge in [0.15, 0.2) is 0 Å². The Labute approximate surface area is 59.2 Å². The van der Waals surface area contributed by atoms with E-state index in [1.807, 2.05) is 27.0 Å². The van der Waals surface area contributed by atoms with Gasteiger partial charge >= 0.3 is 0 Å². The second-order valence-corrected chi connectivity index (χ2v) is 1.77. The van der Waals surface area contributed by atoms with Gasteiger partial charge in [0.2, 0.25) is 0 Å². The van der Waals surface area contributed by atoms with Gasteiger partial charge in [-0.2, -0.15) is 0 Å². The van der Waals surface area contributed by atoms with E-state index in [1.165, 1.54) is 0 Å². The average molecular weight is 129 g/mol. The molecule has 1 unspecified atom stereocenters. The molecule has 0 saturated heterocycles. The summed E-state index contributed by atoms with van der Waals surface area (Å²) < 4.78 is 0. The highest BCUT2D eigenvalue weighted by Gasteiger charge is 1.88. The van der Waals surface area contributed by atoms with Gasteiger partial charge in [-0.1, -0.05) is 26.8 Å². The first-order valence-electron chi connectivity index (χ1n) is 3.58. The molecule has 0 radical (unpaired) electrons. The van der Waals surface area contributed by atoms with E-state index in [-0.39, 0.29) is 0 Å². The van der Waals surface area contributed by atoms with Crippen LogP contribution in [-0.4, -0.2) is 13.6 Å². The lowest BCUT2D eigenvalue weighted by Gasteiger charge is -2.00. The highest BCUT2D eigenvalue weighted by molar-refractivity contribution is 4.75. The van der Waals surface area contributed by atoms with Crippen LogP contribution >= 0.6 is 0 Å². The molecule has 0 fully saturated rings. The van der Waals surface area contributed by atoms with Crippen LogP contribution in [0.4, 0.5) is 0 Å². The lowest BCUT2D eigenvalue weighted by atomic mass is 10.2. The SMILES string of the molecule is C=CC(C)CNC.CC. The van der Waals surface area contributed by atoms with Crippen LogP contribution < -0.4 is 5.32 Å². The van der Waals surface area contributed by atoms with Gasteiger partial charge in [0, 0.05) is 6.54 Å². The van der Waals surface area contributed by atoms with Gasteiger partial charge in [-0.25, -0.2) is 0 Å². The summed E-state index contributed by atoms with van der Waals surface area (Å²) >= 11 is 0. The van der Waals surface area contributed by atoms with Crippen molar-refractivity contribution in [3.8, 4) is 0 Å². The summed E-state index contributed by atoms with van der Waals surface area (Å²) in [7, 11) is 1.94. The third-order valence-corrected chi connectivity index (χ3v) is 0.928. The van der Waals surface area contributed by atoms with Crippen molar-refractivity contribution >= 4 is 0 Å². The number of rotatable bonds is 3. The maximum Gasteiger partial charge on any atom is 0.000840 e. The summed E-state index contributed by atoms with van der Waals surface area (Å²) in [5, 5.41) is 3.05.